The first-order valence-electron chi connectivity index (χ1n) is 10.1. The Bertz CT molecular complexity index is 1070. The van der Waals surface area contributed by atoms with Gasteiger partial charge in [-0.05, 0) is 25.0 Å². The highest BCUT2D eigenvalue weighted by atomic mass is 32.2. The molecule has 1 aromatic heterocycles. The second-order valence-corrected chi connectivity index (χ2v) is 8.25. The van der Waals surface area contributed by atoms with Crippen molar-refractivity contribution in [2.45, 2.75) is 45.0 Å². The van der Waals surface area contributed by atoms with Crippen LogP contribution in [0.3, 0.4) is 0 Å². The number of anilines is 1. The number of rotatable bonds is 5. The van der Waals surface area contributed by atoms with Crippen LogP contribution in [0.15, 0.2) is 53.7 Å². The van der Waals surface area contributed by atoms with Gasteiger partial charge >= 0.3 is 0 Å². The van der Waals surface area contributed by atoms with Crippen molar-refractivity contribution in [1.82, 2.24) is 15.2 Å². The standard InChI is InChI=1S/C23H24N4O2S/c1-4-5-14-30-23-24-21-20(25-26-23)18-12-8-9-13-19(18)27(16(3)28)22(29-21)17-11-7-6-10-15(17)2/h6-13,22H,4-5,14H2,1-3H3/t22-/m1/s1. The van der Waals surface area contributed by atoms with Crippen molar-refractivity contribution >= 4 is 23.4 Å². The number of aryl methyl sites for hydroxylation is 1. The third kappa shape index (κ3) is 3.89. The summed E-state index contributed by atoms with van der Waals surface area (Å²) in [5, 5.41) is 9.34. The minimum Gasteiger partial charge on any atom is -0.447 e. The maximum Gasteiger partial charge on any atom is 0.247 e. The molecular weight excluding hydrogens is 396 g/mol. The first-order chi connectivity index (χ1) is 14.6. The molecule has 30 heavy (non-hydrogen) atoms. The van der Waals surface area contributed by atoms with E-state index in [9.17, 15) is 4.79 Å². The summed E-state index contributed by atoms with van der Waals surface area (Å²) in [6.45, 7) is 5.71. The van der Waals surface area contributed by atoms with E-state index in [4.69, 9.17) is 4.74 Å². The van der Waals surface area contributed by atoms with Crippen molar-refractivity contribution in [3.8, 4) is 17.1 Å². The maximum absolute atomic E-state index is 12.8. The molecule has 0 aliphatic carbocycles. The smallest absolute Gasteiger partial charge is 0.247 e. The third-order valence-corrected chi connectivity index (χ3v) is 5.96. The topological polar surface area (TPSA) is 68.2 Å². The summed E-state index contributed by atoms with van der Waals surface area (Å²) >= 11 is 1.57. The van der Waals surface area contributed by atoms with Crippen LogP contribution >= 0.6 is 11.8 Å². The molecule has 7 heteroatoms. The molecule has 154 valence electrons. The molecule has 1 amide bonds. The van der Waals surface area contributed by atoms with Gasteiger partial charge in [-0.1, -0.05) is 67.6 Å². The summed E-state index contributed by atoms with van der Waals surface area (Å²) in [6, 6.07) is 15.6. The number of para-hydroxylation sites is 1. The van der Waals surface area contributed by atoms with Gasteiger partial charge < -0.3 is 4.74 Å². The molecule has 1 aliphatic heterocycles. The number of carbonyl (C=O) groups excluding carboxylic acids is 1. The largest absolute Gasteiger partial charge is 0.447 e. The molecule has 2 heterocycles. The zero-order valence-corrected chi connectivity index (χ0v) is 18.1. The SMILES string of the molecule is CCCCSc1nnc2c(n1)O[C@H](c1ccccc1C)N(C(C)=O)c1ccccc1-2. The van der Waals surface area contributed by atoms with Crippen LogP contribution in [0.2, 0.25) is 0 Å². The van der Waals surface area contributed by atoms with E-state index in [0.29, 0.717) is 16.7 Å². The van der Waals surface area contributed by atoms with Crippen molar-refractivity contribution < 1.29 is 9.53 Å². The predicted octanol–water partition coefficient (Wildman–Crippen LogP) is 5.18. The number of hydrogen-bond donors (Lipinski definition) is 0. The van der Waals surface area contributed by atoms with Crippen molar-refractivity contribution in [3.63, 3.8) is 0 Å². The summed E-state index contributed by atoms with van der Waals surface area (Å²) in [5.41, 5.74) is 4.01. The molecular formula is C23H24N4O2S. The lowest BCUT2D eigenvalue weighted by Crippen LogP contribution is -2.36. The van der Waals surface area contributed by atoms with Crippen LogP contribution in [0.25, 0.3) is 11.3 Å². The number of benzene rings is 2. The molecule has 0 fully saturated rings. The molecule has 0 saturated carbocycles. The van der Waals surface area contributed by atoms with Gasteiger partial charge in [0.15, 0.2) is 5.69 Å². The Labute approximate surface area is 180 Å². The molecule has 4 rings (SSSR count). The molecule has 0 radical (unpaired) electrons. The Hall–Kier alpha value is -2.93. The highest BCUT2D eigenvalue weighted by Gasteiger charge is 2.35. The van der Waals surface area contributed by atoms with E-state index >= 15 is 0 Å². The van der Waals surface area contributed by atoms with E-state index in [1.165, 1.54) is 0 Å². The van der Waals surface area contributed by atoms with Gasteiger partial charge in [-0.2, -0.15) is 4.98 Å². The average molecular weight is 421 g/mol. The zero-order chi connectivity index (χ0) is 21.1. The first-order valence-corrected chi connectivity index (χ1v) is 11.1. The van der Waals surface area contributed by atoms with Gasteiger partial charge in [-0.3, -0.25) is 9.69 Å². The summed E-state index contributed by atoms with van der Waals surface area (Å²) in [7, 11) is 0. The Balaban J connectivity index is 1.87. The van der Waals surface area contributed by atoms with E-state index in [1.807, 2.05) is 55.5 Å². The molecule has 3 aromatic rings. The number of nitrogens with zero attached hydrogens (tertiary/aromatic N) is 4. The van der Waals surface area contributed by atoms with Crippen LogP contribution in [-0.4, -0.2) is 26.8 Å². The molecule has 0 unspecified atom stereocenters. The van der Waals surface area contributed by atoms with Crippen LogP contribution < -0.4 is 9.64 Å². The molecule has 0 N–H and O–H groups in total. The minimum atomic E-state index is -0.642. The molecule has 0 spiro atoms. The highest BCUT2D eigenvalue weighted by Crippen LogP contribution is 2.43. The fourth-order valence-electron chi connectivity index (χ4n) is 3.49. The minimum absolute atomic E-state index is 0.117. The molecule has 0 bridgehead atoms. The van der Waals surface area contributed by atoms with Crippen molar-refractivity contribution in [3.05, 3.63) is 59.7 Å². The molecule has 2 aromatic carbocycles. The quantitative estimate of drug-likeness (QED) is 0.418. The number of amides is 1. The Kier molecular flexibility index (Phi) is 5.99. The lowest BCUT2D eigenvalue weighted by Gasteiger charge is -2.30. The van der Waals surface area contributed by atoms with Crippen molar-refractivity contribution in [2.75, 3.05) is 10.7 Å². The van der Waals surface area contributed by atoms with E-state index in [1.54, 1.807) is 23.6 Å². The van der Waals surface area contributed by atoms with Crippen LogP contribution in [0, 0.1) is 6.92 Å². The van der Waals surface area contributed by atoms with Crippen molar-refractivity contribution in [1.29, 1.82) is 0 Å². The Morgan fingerprint density at radius 3 is 2.67 bits per heavy atom. The number of unbranched alkanes of at least 4 members (excludes halogenated alkanes) is 1. The lowest BCUT2D eigenvalue weighted by molar-refractivity contribution is -0.118. The number of ether oxygens (including phenoxy) is 1. The average Bonchev–Trinajstić information content (AvgIpc) is 2.88. The summed E-state index contributed by atoms with van der Waals surface area (Å²) in [6.07, 6.45) is 1.55. The Morgan fingerprint density at radius 1 is 1.13 bits per heavy atom. The van der Waals surface area contributed by atoms with Gasteiger partial charge in [-0.25, -0.2) is 0 Å². The van der Waals surface area contributed by atoms with E-state index < -0.39 is 6.23 Å². The van der Waals surface area contributed by atoms with E-state index in [-0.39, 0.29) is 5.91 Å². The fraction of sp³-hybridized carbons (Fsp3) is 0.304. The van der Waals surface area contributed by atoms with Gasteiger partial charge in [0.2, 0.25) is 23.2 Å². The van der Waals surface area contributed by atoms with Gasteiger partial charge in [0.05, 0.1) is 5.69 Å². The van der Waals surface area contributed by atoms with Crippen LogP contribution in [0.1, 0.15) is 44.0 Å². The normalized spacial score (nSPS) is 15.0. The van der Waals surface area contributed by atoms with Gasteiger partial charge in [0.1, 0.15) is 0 Å². The van der Waals surface area contributed by atoms with Crippen LogP contribution in [0.5, 0.6) is 5.88 Å². The van der Waals surface area contributed by atoms with Gasteiger partial charge in [0.25, 0.3) is 0 Å². The Morgan fingerprint density at radius 2 is 1.90 bits per heavy atom. The lowest BCUT2D eigenvalue weighted by atomic mass is 10.0. The molecule has 6 nitrogen and oxygen atoms in total. The van der Waals surface area contributed by atoms with Gasteiger partial charge in [0, 0.05) is 23.8 Å². The van der Waals surface area contributed by atoms with Gasteiger partial charge in [-0.15, -0.1) is 10.2 Å². The third-order valence-electron chi connectivity index (χ3n) is 5.03. The zero-order valence-electron chi connectivity index (χ0n) is 17.3. The predicted molar refractivity (Wildman–Crippen MR) is 119 cm³/mol. The summed E-state index contributed by atoms with van der Waals surface area (Å²) < 4.78 is 6.41. The second-order valence-electron chi connectivity index (χ2n) is 7.18. The van der Waals surface area contributed by atoms with E-state index in [2.05, 4.69) is 22.1 Å². The number of carbonyl (C=O) groups is 1. The van der Waals surface area contributed by atoms with Crippen LogP contribution in [0.4, 0.5) is 5.69 Å². The number of thioether (sulfide) groups is 1. The molecule has 1 atom stereocenters. The van der Waals surface area contributed by atoms with E-state index in [0.717, 1.165) is 41.0 Å². The molecule has 1 aliphatic rings. The summed E-state index contributed by atoms with van der Waals surface area (Å²) in [5.74, 6) is 1.21. The first kappa shape index (κ1) is 20.3. The number of hydrogen-bond acceptors (Lipinski definition) is 6. The highest BCUT2D eigenvalue weighted by molar-refractivity contribution is 7.99. The number of aromatic nitrogens is 3. The maximum atomic E-state index is 12.8. The molecule has 0 saturated heterocycles. The van der Waals surface area contributed by atoms with Crippen LogP contribution in [-0.2, 0) is 4.79 Å². The van der Waals surface area contributed by atoms with Crippen molar-refractivity contribution in [2.24, 2.45) is 0 Å². The summed E-state index contributed by atoms with van der Waals surface area (Å²) in [4.78, 5) is 19.1. The number of fused-ring (bicyclic) bond motifs is 3. The fourth-order valence-corrected chi connectivity index (χ4v) is 4.35. The monoisotopic (exact) mass is 420 g/mol. The second kappa shape index (κ2) is 8.83.